The SMILES string of the molecule is C[C@H](OC(=O)CSc1cccc2cccc(Cl)c12)C(=O)NCc1ccc2c(c1)OCO2. The van der Waals surface area contributed by atoms with Gasteiger partial charge in [-0.15, -0.1) is 11.8 Å². The van der Waals surface area contributed by atoms with Crippen LogP contribution in [0, 0.1) is 0 Å². The molecule has 0 spiro atoms. The first-order valence-corrected chi connectivity index (χ1v) is 11.0. The van der Waals surface area contributed by atoms with Crippen molar-refractivity contribution in [3.63, 3.8) is 0 Å². The van der Waals surface area contributed by atoms with Gasteiger partial charge in [-0.2, -0.15) is 0 Å². The number of rotatable bonds is 7. The molecule has 1 aliphatic heterocycles. The zero-order chi connectivity index (χ0) is 21.8. The number of amides is 1. The number of carbonyl (C=O) groups is 2. The third kappa shape index (κ3) is 5.06. The van der Waals surface area contributed by atoms with Gasteiger partial charge in [0.2, 0.25) is 6.79 Å². The highest BCUT2D eigenvalue weighted by Gasteiger charge is 2.19. The fraction of sp³-hybridized carbons (Fsp3) is 0.217. The van der Waals surface area contributed by atoms with Crippen molar-refractivity contribution in [1.29, 1.82) is 0 Å². The third-order valence-electron chi connectivity index (χ3n) is 4.74. The first kappa shape index (κ1) is 21.3. The molecule has 0 unspecified atom stereocenters. The Bertz CT molecular complexity index is 1130. The van der Waals surface area contributed by atoms with Crippen molar-refractivity contribution in [2.75, 3.05) is 12.5 Å². The molecule has 6 nitrogen and oxygen atoms in total. The van der Waals surface area contributed by atoms with Gasteiger partial charge in [0.15, 0.2) is 17.6 Å². The van der Waals surface area contributed by atoms with E-state index in [0.29, 0.717) is 23.1 Å². The van der Waals surface area contributed by atoms with E-state index >= 15 is 0 Å². The molecule has 0 aromatic heterocycles. The van der Waals surface area contributed by atoms with E-state index in [0.717, 1.165) is 21.2 Å². The molecular formula is C23H20ClNO5S. The second-order valence-corrected chi connectivity index (χ2v) is 8.34. The first-order chi connectivity index (χ1) is 15.0. The fourth-order valence-corrected chi connectivity index (χ4v) is 4.42. The topological polar surface area (TPSA) is 73.9 Å². The summed E-state index contributed by atoms with van der Waals surface area (Å²) in [4.78, 5) is 25.5. The highest BCUT2D eigenvalue weighted by Crippen LogP contribution is 2.33. The summed E-state index contributed by atoms with van der Waals surface area (Å²) in [7, 11) is 0. The van der Waals surface area contributed by atoms with Crippen molar-refractivity contribution in [2.24, 2.45) is 0 Å². The Hall–Kier alpha value is -2.90. The lowest BCUT2D eigenvalue weighted by Gasteiger charge is -2.14. The van der Waals surface area contributed by atoms with Gasteiger partial charge < -0.3 is 19.5 Å². The predicted octanol–water partition coefficient (Wildman–Crippen LogP) is 4.56. The second-order valence-electron chi connectivity index (χ2n) is 6.92. The number of nitrogens with one attached hydrogen (secondary N) is 1. The predicted molar refractivity (Wildman–Crippen MR) is 120 cm³/mol. The Balaban J connectivity index is 1.28. The minimum Gasteiger partial charge on any atom is -0.454 e. The summed E-state index contributed by atoms with van der Waals surface area (Å²) >= 11 is 7.65. The summed E-state index contributed by atoms with van der Waals surface area (Å²) in [5, 5.41) is 5.30. The molecule has 0 saturated carbocycles. The Kier molecular flexibility index (Phi) is 6.53. The van der Waals surface area contributed by atoms with Crippen LogP contribution >= 0.6 is 23.4 Å². The van der Waals surface area contributed by atoms with Gasteiger partial charge in [0.25, 0.3) is 5.91 Å². The zero-order valence-electron chi connectivity index (χ0n) is 16.7. The number of ether oxygens (including phenoxy) is 3. The zero-order valence-corrected chi connectivity index (χ0v) is 18.3. The van der Waals surface area contributed by atoms with Crippen molar-refractivity contribution in [3.8, 4) is 11.5 Å². The second kappa shape index (κ2) is 9.49. The first-order valence-electron chi connectivity index (χ1n) is 9.67. The molecular weight excluding hydrogens is 438 g/mol. The van der Waals surface area contributed by atoms with Crippen LogP contribution in [0.3, 0.4) is 0 Å². The molecule has 4 rings (SSSR count). The smallest absolute Gasteiger partial charge is 0.317 e. The minimum absolute atomic E-state index is 0.0735. The van der Waals surface area contributed by atoms with E-state index in [-0.39, 0.29) is 18.5 Å². The number of hydrogen-bond acceptors (Lipinski definition) is 6. The van der Waals surface area contributed by atoms with Crippen LogP contribution in [-0.4, -0.2) is 30.5 Å². The summed E-state index contributed by atoms with van der Waals surface area (Å²) in [6, 6.07) is 16.9. The number of hydrogen-bond donors (Lipinski definition) is 1. The van der Waals surface area contributed by atoms with Crippen LogP contribution in [0.5, 0.6) is 11.5 Å². The van der Waals surface area contributed by atoms with Crippen molar-refractivity contribution in [3.05, 3.63) is 65.2 Å². The molecule has 0 fully saturated rings. The van der Waals surface area contributed by atoms with Gasteiger partial charge in [-0.25, -0.2) is 0 Å². The average Bonchev–Trinajstić information content (AvgIpc) is 3.24. The van der Waals surface area contributed by atoms with E-state index in [4.69, 9.17) is 25.8 Å². The van der Waals surface area contributed by atoms with Crippen molar-refractivity contribution in [2.45, 2.75) is 24.5 Å². The van der Waals surface area contributed by atoms with Crippen LogP contribution in [0.2, 0.25) is 5.02 Å². The lowest BCUT2D eigenvalue weighted by molar-refractivity contribution is -0.152. The van der Waals surface area contributed by atoms with E-state index in [2.05, 4.69) is 5.32 Å². The Morgan fingerprint density at radius 2 is 1.90 bits per heavy atom. The molecule has 0 saturated heterocycles. The van der Waals surface area contributed by atoms with Crippen LogP contribution in [-0.2, 0) is 20.9 Å². The van der Waals surface area contributed by atoms with Crippen LogP contribution in [0.4, 0.5) is 0 Å². The Morgan fingerprint density at radius 1 is 1.13 bits per heavy atom. The molecule has 160 valence electrons. The molecule has 1 atom stereocenters. The van der Waals surface area contributed by atoms with Gasteiger partial charge in [-0.1, -0.05) is 41.9 Å². The molecule has 1 amide bonds. The van der Waals surface area contributed by atoms with Gasteiger partial charge in [-0.05, 0) is 42.1 Å². The molecule has 1 aliphatic rings. The molecule has 3 aromatic carbocycles. The summed E-state index contributed by atoms with van der Waals surface area (Å²) in [5.74, 6) is 0.563. The standard InChI is InChI=1S/C23H20ClNO5S/c1-14(23(27)25-11-15-8-9-18-19(10-15)29-13-28-18)30-21(26)12-31-20-7-3-5-16-4-2-6-17(24)22(16)20/h2-10,14H,11-13H2,1H3,(H,25,27)/t14-/m0/s1. The third-order valence-corrected chi connectivity index (χ3v) is 6.09. The lowest BCUT2D eigenvalue weighted by Crippen LogP contribution is -2.35. The van der Waals surface area contributed by atoms with Crippen LogP contribution < -0.4 is 14.8 Å². The molecule has 8 heteroatoms. The molecule has 1 N–H and O–H groups in total. The van der Waals surface area contributed by atoms with E-state index in [9.17, 15) is 9.59 Å². The summed E-state index contributed by atoms with van der Waals surface area (Å²) in [6.45, 7) is 2.04. The molecule has 0 aliphatic carbocycles. The molecule has 3 aromatic rings. The maximum Gasteiger partial charge on any atom is 0.317 e. The van der Waals surface area contributed by atoms with E-state index in [1.165, 1.54) is 11.8 Å². The summed E-state index contributed by atoms with van der Waals surface area (Å²) in [6.07, 6.45) is -0.904. The normalized spacial score (nSPS) is 13.1. The van der Waals surface area contributed by atoms with Crippen molar-refractivity contribution in [1.82, 2.24) is 5.32 Å². The fourth-order valence-electron chi connectivity index (χ4n) is 3.19. The van der Waals surface area contributed by atoms with Gasteiger partial charge >= 0.3 is 5.97 Å². The van der Waals surface area contributed by atoms with E-state index < -0.39 is 12.1 Å². The Morgan fingerprint density at radius 3 is 2.74 bits per heavy atom. The van der Waals surface area contributed by atoms with E-state index in [1.54, 1.807) is 13.0 Å². The highest BCUT2D eigenvalue weighted by molar-refractivity contribution is 8.00. The quantitative estimate of drug-likeness (QED) is 0.414. The lowest BCUT2D eigenvalue weighted by atomic mass is 10.1. The van der Waals surface area contributed by atoms with Gasteiger partial charge in [-0.3, -0.25) is 9.59 Å². The monoisotopic (exact) mass is 457 g/mol. The molecule has 0 bridgehead atoms. The number of thioether (sulfide) groups is 1. The number of benzene rings is 3. The largest absolute Gasteiger partial charge is 0.454 e. The molecule has 31 heavy (non-hydrogen) atoms. The van der Waals surface area contributed by atoms with Gasteiger partial charge in [0.1, 0.15) is 0 Å². The van der Waals surface area contributed by atoms with Crippen molar-refractivity contribution >= 4 is 46.0 Å². The number of fused-ring (bicyclic) bond motifs is 2. The van der Waals surface area contributed by atoms with Crippen LogP contribution in [0.25, 0.3) is 10.8 Å². The minimum atomic E-state index is -0.904. The number of halogens is 1. The summed E-state index contributed by atoms with van der Waals surface area (Å²) < 4.78 is 15.9. The number of esters is 1. The Labute approximate surface area is 188 Å². The van der Waals surface area contributed by atoms with Gasteiger partial charge in [0.05, 0.1) is 5.75 Å². The van der Waals surface area contributed by atoms with Crippen LogP contribution in [0.15, 0.2) is 59.5 Å². The van der Waals surface area contributed by atoms with Crippen LogP contribution in [0.1, 0.15) is 12.5 Å². The molecule has 1 heterocycles. The molecule has 0 radical (unpaired) electrons. The maximum absolute atomic E-state index is 12.3. The van der Waals surface area contributed by atoms with Gasteiger partial charge in [0, 0.05) is 21.8 Å². The average molecular weight is 458 g/mol. The highest BCUT2D eigenvalue weighted by atomic mass is 35.5. The van der Waals surface area contributed by atoms with E-state index in [1.807, 2.05) is 48.5 Å². The maximum atomic E-state index is 12.3. The summed E-state index contributed by atoms with van der Waals surface area (Å²) in [5.41, 5.74) is 0.861. The van der Waals surface area contributed by atoms with Crippen molar-refractivity contribution < 1.29 is 23.8 Å². The number of carbonyl (C=O) groups excluding carboxylic acids is 2.